The number of ether oxygens (including phenoxy) is 2. The molecule has 0 bridgehead atoms. The van der Waals surface area contributed by atoms with Crippen LogP contribution in [0.15, 0.2) is 109 Å². The first-order chi connectivity index (χ1) is 26.5. The monoisotopic (exact) mass is 720 g/mol. The number of para-hydroxylation sites is 1. The van der Waals surface area contributed by atoms with E-state index < -0.39 is 0 Å². The van der Waals surface area contributed by atoms with Crippen LogP contribution in [0.2, 0.25) is 0 Å². The van der Waals surface area contributed by atoms with Gasteiger partial charge in [0.2, 0.25) is 0 Å². The fourth-order valence-corrected chi connectivity index (χ4v) is 9.23. The number of pyridine rings is 2. The minimum Gasteiger partial charge on any atom is -0.490 e. The van der Waals surface area contributed by atoms with Gasteiger partial charge in [-0.25, -0.2) is 4.39 Å². The van der Waals surface area contributed by atoms with E-state index in [1.165, 1.54) is 34.5 Å². The average molecular weight is 721 g/mol. The number of benzene rings is 4. The first-order valence-electron chi connectivity index (χ1n) is 19.9. The zero-order valence-corrected chi connectivity index (χ0v) is 31.2. The maximum Gasteiger partial charge on any atom is 0.134 e. The molecule has 0 radical (unpaired) electrons. The summed E-state index contributed by atoms with van der Waals surface area (Å²) in [6, 6.07) is 37.3. The summed E-state index contributed by atoms with van der Waals surface area (Å²) in [5.74, 6) is 2.02. The molecule has 0 saturated carbocycles. The molecule has 4 heterocycles. The molecule has 6 aromatic rings. The lowest BCUT2D eigenvalue weighted by Gasteiger charge is -2.45. The third-order valence-corrected chi connectivity index (χ3v) is 12.0. The number of aromatic nitrogens is 2. The highest BCUT2D eigenvalue weighted by molar-refractivity contribution is 5.87. The van der Waals surface area contributed by atoms with Gasteiger partial charge in [0.15, 0.2) is 0 Å². The molecule has 0 spiro atoms. The largest absolute Gasteiger partial charge is 0.490 e. The number of hydrogen-bond donors (Lipinski definition) is 0. The number of fused-ring (bicyclic) bond motifs is 3. The Balaban J connectivity index is 0.963. The Labute approximate surface area is 318 Å². The minimum absolute atomic E-state index is 0.0506. The summed E-state index contributed by atoms with van der Waals surface area (Å²) in [4.78, 5) is 15.2. The Kier molecular flexibility index (Phi) is 10.0. The molecule has 6 nitrogen and oxygen atoms in total. The van der Waals surface area contributed by atoms with Crippen molar-refractivity contribution in [3.63, 3.8) is 0 Å². The van der Waals surface area contributed by atoms with E-state index in [-0.39, 0.29) is 18.0 Å². The van der Waals surface area contributed by atoms with Gasteiger partial charge in [-0.05, 0) is 86.8 Å². The van der Waals surface area contributed by atoms with Gasteiger partial charge in [-0.2, -0.15) is 0 Å². The molecular weight excluding hydrogens is 672 g/mol. The Morgan fingerprint density at radius 1 is 0.685 bits per heavy atom. The highest BCUT2D eigenvalue weighted by Crippen LogP contribution is 2.42. The highest BCUT2D eigenvalue weighted by atomic mass is 19.1. The van der Waals surface area contributed by atoms with Gasteiger partial charge in [-0.3, -0.25) is 19.8 Å². The second kappa shape index (κ2) is 15.5. The zero-order valence-electron chi connectivity index (χ0n) is 31.2. The average Bonchev–Trinajstić information content (AvgIpc) is 3.19. The van der Waals surface area contributed by atoms with Crippen molar-refractivity contribution in [1.29, 1.82) is 0 Å². The summed E-state index contributed by atoms with van der Waals surface area (Å²) in [7, 11) is 0. The Morgan fingerprint density at radius 3 is 2.20 bits per heavy atom. The number of likely N-dealkylation sites (tertiary alicyclic amines) is 2. The van der Waals surface area contributed by atoms with Crippen molar-refractivity contribution in [2.24, 2.45) is 5.92 Å². The lowest BCUT2D eigenvalue weighted by Crippen LogP contribution is -2.50. The van der Waals surface area contributed by atoms with Crippen LogP contribution in [-0.4, -0.2) is 57.7 Å². The molecule has 0 amide bonds. The fraction of sp³-hybridized carbons (Fsp3) is 0.362. The Hall–Kier alpha value is -4.85. The lowest BCUT2D eigenvalue weighted by atomic mass is 9.77. The second-order valence-corrected chi connectivity index (χ2v) is 15.7. The SMILES string of the molecule is Cc1cc(OC2CCN(Cc3ccccc3)C(C3CCc4c(nc5ccccc5c4OC4CCN(Cc5ccccc5)CC4)C3)C2)c2ccc(F)cc2n1. The molecular formula is C47H49FN4O2. The van der Waals surface area contributed by atoms with E-state index in [9.17, 15) is 4.39 Å². The molecule has 1 aliphatic carbocycles. The Bertz CT molecular complexity index is 2220. The molecule has 0 N–H and O–H groups in total. The van der Waals surface area contributed by atoms with E-state index in [4.69, 9.17) is 14.5 Å². The molecule has 2 aliphatic heterocycles. The molecule has 2 fully saturated rings. The van der Waals surface area contributed by atoms with Crippen LogP contribution in [0.4, 0.5) is 4.39 Å². The third kappa shape index (κ3) is 7.57. The van der Waals surface area contributed by atoms with E-state index >= 15 is 0 Å². The topological polar surface area (TPSA) is 50.7 Å². The van der Waals surface area contributed by atoms with Crippen molar-refractivity contribution in [3.8, 4) is 11.5 Å². The maximum absolute atomic E-state index is 14.2. The predicted octanol–water partition coefficient (Wildman–Crippen LogP) is 9.49. The summed E-state index contributed by atoms with van der Waals surface area (Å²) in [6.07, 6.45) is 7.13. The predicted molar refractivity (Wildman–Crippen MR) is 213 cm³/mol. The quantitative estimate of drug-likeness (QED) is 0.148. The number of hydrogen-bond acceptors (Lipinski definition) is 6. The van der Waals surface area contributed by atoms with Crippen LogP contribution in [0, 0.1) is 18.7 Å². The lowest BCUT2D eigenvalue weighted by molar-refractivity contribution is 0.0202. The van der Waals surface area contributed by atoms with Crippen molar-refractivity contribution in [2.75, 3.05) is 19.6 Å². The van der Waals surface area contributed by atoms with Crippen molar-refractivity contribution in [3.05, 3.63) is 143 Å². The number of aryl methyl sites for hydroxylation is 1. The van der Waals surface area contributed by atoms with Crippen LogP contribution in [0.3, 0.4) is 0 Å². The van der Waals surface area contributed by atoms with Crippen LogP contribution in [0.25, 0.3) is 21.8 Å². The van der Waals surface area contributed by atoms with Crippen LogP contribution >= 0.6 is 0 Å². The van der Waals surface area contributed by atoms with Gasteiger partial charge in [0.1, 0.15) is 29.5 Å². The molecule has 2 saturated heterocycles. The molecule has 2 aromatic heterocycles. The number of nitrogens with zero attached hydrogens (tertiary/aromatic N) is 4. The van der Waals surface area contributed by atoms with E-state index in [1.807, 2.05) is 13.0 Å². The zero-order chi connectivity index (χ0) is 36.4. The molecule has 4 aromatic carbocycles. The van der Waals surface area contributed by atoms with Crippen molar-refractivity contribution >= 4 is 21.8 Å². The van der Waals surface area contributed by atoms with Crippen LogP contribution in [0.5, 0.6) is 11.5 Å². The second-order valence-electron chi connectivity index (χ2n) is 15.7. The molecule has 54 heavy (non-hydrogen) atoms. The van der Waals surface area contributed by atoms with E-state index in [1.54, 1.807) is 6.07 Å². The molecule has 276 valence electrons. The van der Waals surface area contributed by atoms with E-state index in [2.05, 4.69) is 99.7 Å². The smallest absolute Gasteiger partial charge is 0.134 e. The number of piperidine rings is 2. The maximum atomic E-state index is 14.2. The highest BCUT2D eigenvalue weighted by Gasteiger charge is 2.38. The molecule has 9 rings (SSSR count). The first kappa shape index (κ1) is 34.9. The summed E-state index contributed by atoms with van der Waals surface area (Å²) < 4.78 is 28.1. The number of halogens is 1. The van der Waals surface area contributed by atoms with Crippen molar-refractivity contribution < 1.29 is 13.9 Å². The van der Waals surface area contributed by atoms with Crippen LogP contribution < -0.4 is 9.47 Å². The fourth-order valence-electron chi connectivity index (χ4n) is 9.23. The Morgan fingerprint density at radius 2 is 1.41 bits per heavy atom. The van der Waals surface area contributed by atoms with Gasteiger partial charge in [0.05, 0.1) is 11.0 Å². The summed E-state index contributed by atoms with van der Waals surface area (Å²) in [5, 5.41) is 2.00. The molecule has 3 aliphatic rings. The standard InChI is InChI=1S/C47H49FN4O2/c1-32-26-46(39-19-17-36(48)28-44(39)49-32)53-38-22-25-52(31-34-12-6-3-7-13-34)45(29-38)35-16-18-41-43(27-35)50-42-15-9-8-14-40(42)47(41)54-37-20-23-51(24-21-37)30-33-10-4-2-5-11-33/h2-15,17,19,26,28,35,37-38,45H,16,18,20-25,27,29-31H2,1H3. The van der Waals surface area contributed by atoms with Gasteiger partial charge >= 0.3 is 0 Å². The summed E-state index contributed by atoms with van der Waals surface area (Å²) in [5.41, 5.74) is 7.71. The van der Waals surface area contributed by atoms with Crippen molar-refractivity contribution in [2.45, 2.75) is 83.2 Å². The van der Waals surface area contributed by atoms with Gasteiger partial charge in [0.25, 0.3) is 0 Å². The van der Waals surface area contributed by atoms with Gasteiger partial charge < -0.3 is 9.47 Å². The summed E-state index contributed by atoms with van der Waals surface area (Å²) >= 11 is 0. The molecule has 3 atom stereocenters. The summed E-state index contributed by atoms with van der Waals surface area (Å²) in [6.45, 7) is 6.90. The normalized spacial score (nSPS) is 21.3. The molecule has 3 unspecified atom stereocenters. The minimum atomic E-state index is -0.280. The number of rotatable bonds is 9. The van der Waals surface area contributed by atoms with Crippen LogP contribution in [0.1, 0.15) is 60.2 Å². The third-order valence-electron chi connectivity index (χ3n) is 12.0. The van der Waals surface area contributed by atoms with Gasteiger partial charge in [-0.1, -0.05) is 72.8 Å². The van der Waals surface area contributed by atoms with Gasteiger partial charge in [0, 0.05) is 85.0 Å². The molecule has 7 heteroatoms. The van der Waals surface area contributed by atoms with Gasteiger partial charge in [-0.15, -0.1) is 0 Å². The van der Waals surface area contributed by atoms with Crippen molar-refractivity contribution in [1.82, 2.24) is 19.8 Å². The van der Waals surface area contributed by atoms with E-state index in [0.717, 1.165) is 111 Å². The van der Waals surface area contributed by atoms with Crippen LogP contribution in [-0.2, 0) is 25.9 Å². The van der Waals surface area contributed by atoms with E-state index in [0.29, 0.717) is 17.5 Å². The first-order valence-corrected chi connectivity index (χ1v) is 19.9.